The number of amides is 1. The fourth-order valence-electron chi connectivity index (χ4n) is 3.37. The van der Waals surface area contributed by atoms with Crippen LogP contribution in [0.15, 0.2) is 54.6 Å². The number of benzene rings is 2. The molecule has 1 unspecified atom stereocenters. The lowest BCUT2D eigenvalue weighted by molar-refractivity contribution is -0.117. The first kappa shape index (κ1) is 14.6. The third kappa shape index (κ3) is 2.47. The molecule has 1 N–H and O–H groups in total. The molecule has 0 aromatic heterocycles. The van der Waals surface area contributed by atoms with Crippen molar-refractivity contribution in [1.29, 1.82) is 0 Å². The minimum absolute atomic E-state index is 0.102. The van der Waals surface area contributed by atoms with E-state index in [-0.39, 0.29) is 18.0 Å². The number of fused-ring (bicyclic) bond motifs is 1. The van der Waals surface area contributed by atoms with Gasteiger partial charge in [-0.2, -0.15) is 0 Å². The molecule has 3 rings (SSSR count). The van der Waals surface area contributed by atoms with Gasteiger partial charge in [-0.3, -0.25) is 4.79 Å². The molecule has 1 aliphatic rings. The zero-order valence-electron chi connectivity index (χ0n) is 13.3. The van der Waals surface area contributed by atoms with Gasteiger partial charge in [0.05, 0.1) is 6.04 Å². The summed E-state index contributed by atoms with van der Waals surface area (Å²) in [6.45, 7) is 5.98. The van der Waals surface area contributed by atoms with E-state index in [2.05, 4.69) is 37.4 Å². The van der Waals surface area contributed by atoms with Crippen molar-refractivity contribution >= 4 is 17.3 Å². The standard InChI is InChI=1S/C19H22N2O/c1-13-14(2)21(15(3)22)18-12-8-7-11-17(18)19(13)20-16-9-5-4-6-10-16/h4-14,19-20H,1-3H3/t13-,14-,19?/m0/s1. The number of carbonyl (C=O) groups is 1. The molecule has 3 atom stereocenters. The summed E-state index contributed by atoms with van der Waals surface area (Å²) in [6, 6.07) is 18.8. The molecule has 0 radical (unpaired) electrons. The van der Waals surface area contributed by atoms with Crippen LogP contribution in [0.4, 0.5) is 11.4 Å². The second kappa shape index (κ2) is 5.84. The van der Waals surface area contributed by atoms with Gasteiger partial charge in [0, 0.05) is 30.3 Å². The van der Waals surface area contributed by atoms with Gasteiger partial charge in [0.2, 0.25) is 5.91 Å². The molecule has 114 valence electrons. The quantitative estimate of drug-likeness (QED) is 0.899. The Morgan fingerprint density at radius 1 is 1.00 bits per heavy atom. The van der Waals surface area contributed by atoms with Gasteiger partial charge in [0.25, 0.3) is 0 Å². The first-order valence-corrected chi connectivity index (χ1v) is 7.80. The highest BCUT2D eigenvalue weighted by Gasteiger charge is 2.37. The van der Waals surface area contributed by atoms with Crippen LogP contribution in [0, 0.1) is 5.92 Å². The van der Waals surface area contributed by atoms with Crippen LogP contribution in [0.2, 0.25) is 0 Å². The van der Waals surface area contributed by atoms with E-state index in [0.717, 1.165) is 11.4 Å². The van der Waals surface area contributed by atoms with E-state index in [1.165, 1.54) is 5.56 Å². The largest absolute Gasteiger partial charge is 0.378 e. The lowest BCUT2D eigenvalue weighted by Crippen LogP contribution is -2.48. The van der Waals surface area contributed by atoms with Crippen molar-refractivity contribution in [3.05, 3.63) is 60.2 Å². The Balaban J connectivity index is 2.03. The van der Waals surface area contributed by atoms with E-state index in [9.17, 15) is 4.79 Å². The van der Waals surface area contributed by atoms with Crippen LogP contribution < -0.4 is 10.2 Å². The van der Waals surface area contributed by atoms with Crippen LogP contribution in [-0.4, -0.2) is 11.9 Å². The Labute approximate surface area is 132 Å². The van der Waals surface area contributed by atoms with Crippen molar-refractivity contribution in [2.24, 2.45) is 5.92 Å². The number of nitrogens with one attached hydrogen (secondary N) is 1. The van der Waals surface area contributed by atoms with Gasteiger partial charge in [-0.15, -0.1) is 0 Å². The van der Waals surface area contributed by atoms with E-state index in [0.29, 0.717) is 5.92 Å². The minimum Gasteiger partial charge on any atom is -0.378 e. The molecule has 3 heteroatoms. The smallest absolute Gasteiger partial charge is 0.224 e. The number of rotatable bonds is 2. The van der Waals surface area contributed by atoms with Gasteiger partial charge in [-0.05, 0) is 30.7 Å². The first-order valence-electron chi connectivity index (χ1n) is 7.80. The molecular formula is C19H22N2O. The molecule has 3 nitrogen and oxygen atoms in total. The highest BCUT2D eigenvalue weighted by molar-refractivity contribution is 5.93. The lowest BCUT2D eigenvalue weighted by Gasteiger charge is -2.44. The molecule has 0 aliphatic carbocycles. The van der Waals surface area contributed by atoms with Gasteiger partial charge in [-0.1, -0.05) is 43.3 Å². The number of hydrogen-bond acceptors (Lipinski definition) is 2. The molecule has 0 saturated carbocycles. The number of nitrogens with zero attached hydrogens (tertiary/aromatic N) is 1. The Hall–Kier alpha value is -2.29. The van der Waals surface area contributed by atoms with Gasteiger partial charge < -0.3 is 10.2 Å². The topological polar surface area (TPSA) is 32.3 Å². The Morgan fingerprint density at radius 3 is 2.32 bits per heavy atom. The molecule has 2 aromatic carbocycles. The highest BCUT2D eigenvalue weighted by atomic mass is 16.2. The van der Waals surface area contributed by atoms with Crippen LogP contribution in [0.25, 0.3) is 0 Å². The maximum atomic E-state index is 12.1. The molecule has 0 saturated heterocycles. The number of para-hydroxylation sites is 2. The summed E-state index contributed by atoms with van der Waals surface area (Å²) < 4.78 is 0. The molecule has 22 heavy (non-hydrogen) atoms. The van der Waals surface area contributed by atoms with Crippen molar-refractivity contribution in [3.8, 4) is 0 Å². The predicted octanol–water partition coefficient (Wildman–Crippen LogP) is 4.23. The Morgan fingerprint density at radius 2 is 1.64 bits per heavy atom. The molecule has 1 aliphatic heterocycles. The summed E-state index contributed by atoms with van der Waals surface area (Å²) in [7, 11) is 0. The maximum absolute atomic E-state index is 12.1. The average Bonchev–Trinajstić information content (AvgIpc) is 2.52. The predicted molar refractivity (Wildman–Crippen MR) is 91.0 cm³/mol. The maximum Gasteiger partial charge on any atom is 0.224 e. The van der Waals surface area contributed by atoms with E-state index in [4.69, 9.17) is 0 Å². The summed E-state index contributed by atoms with van der Waals surface area (Å²) in [4.78, 5) is 14.0. The average molecular weight is 294 g/mol. The van der Waals surface area contributed by atoms with E-state index in [1.807, 2.05) is 41.3 Å². The Bertz CT molecular complexity index is 668. The van der Waals surface area contributed by atoms with Crippen molar-refractivity contribution in [3.63, 3.8) is 0 Å². The van der Waals surface area contributed by atoms with Crippen LogP contribution >= 0.6 is 0 Å². The van der Waals surface area contributed by atoms with Gasteiger partial charge in [0.15, 0.2) is 0 Å². The summed E-state index contributed by atoms with van der Waals surface area (Å²) >= 11 is 0. The Kier molecular flexibility index (Phi) is 3.88. The SMILES string of the molecule is CC(=O)N1c2ccccc2C(Nc2ccccc2)[C@@H](C)[C@@H]1C. The summed E-state index contributed by atoms with van der Waals surface area (Å²) in [5.74, 6) is 0.420. The van der Waals surface area contributed by atoms with Crippen LogP contribution in [-0.2, 0) is 4.79 Å². The molecule has 1 heterocycles. The molecule has 1 amide bonds. The third-order valence-electron chi connectivity index (χ3n) is 4.66. The zero-order valence-corrected chi connectivity index (χ0v) is 13.3. The van der Waals surface area contributed by atoms with Crippen molar-refractivity contribution in [1.82, 2.24) is 0 Å². The zero-order chi connectivity index (χ0) is 15.7. The van der Waals surface area contributed by atoms with Crippen molar-refractivity contribution in [2.75, 3.05) is 10.2 Å². The summed E-state index contributed by atoms with van der Waals surface area (Å²) in [6.07, 6.45) is 0. The van der Waals surface area contributed by atoms with Crippen molar-refractivity contribution < 1.29 is 4.79 Å². The molecular weight excluding hydrogens is 272 g/mol. The van der Waals surface area contributed by atoms with Gasteiger partial charge >= 0.3 is 0 Å². The second-order valence-corrected chi connectivity index (χ2v) is 6.04. The second-order valence-electron chi connectivity index (χ2n) is 6.04. The minimum atomic E-state index is 0.102. The molecule has 2 aromatic rings. The van der Waals surface area contributed by atoms with Gasteiger partial charge in [0.1, 0.15) is 0 Å². The van der Waals surface area contributed by atoms with E-state index in [1.54, 1.807) is 6.92 Å². The number of anilines is 2. The van der Waals surface area contributed by atoms with Crippen LogP contribution in [0.1, 0.15) is 32.4 Å². The summed E-state index contributed by atoms with van der Waals surface area (Å²) in [5, 5.41) is 3.64. The van der Waals surface area contributed by atoms with Crippen molar-refractivity contribution in [2.45, 2.75) is 32.9 Å². The lowest BCUT2D eigenvalue weighted by atomic mass is 9.82. The molecule has 0 bridgehead atoms. The van der Waals surface area contributed by atoms with Crippen LogP contribution in [0.3, 0.4) is 0 Å². The summed E-state index contributed by atoms with van der Waals surface area (Å²) in [5.41, 5.74) is 3.32. The molecule has 0 fully saturated rings. The normalized spacial score (nSPS) is 23.8. The molecule has 0 spiro atoms. The third-order valence-corrected chi connectivity index (χ3v) is 4.66. The monoisotopic (exact) mass is 294 g/mol. The number of hydrogen-bond donors (Lipinski definition) is 1. The van der Waals surface area contributed by atoms with Gasteiger partial charge in [-0.25, -0.2) is 0 Å². The number of carbonyl (C=O) groups excluding carboxylic acids is 1. The fourth-order valence-corrected chi connectivity index (χ4v) is 3.37. The van der Waals surface area contributed by atoms with Crippen LogP contribution in [0.5, 0.6) is 0 Å². The fraction of sp³-hybridized carbons (Fsp3) is 0.316. The van der Waals surface area contributed by atoms with E-state index >= 15 is 0 Å². The highest BCUT2D eigenvalue weighted by Crippen LogP contribution is 2.42. The first-order chi connectivity index (χ1) is 10.6. The van der Waals surface area contributed by atoms with E-state index < -0.39 is 0 Å².